The SMILES string of the molecule is COc1ccc2cc(C(C)=NNc3cccc(Cl)c3Cl)ccc2c1. The maximum Gasteiger partial charge on any atom is 0.119 e. The molecular formula is C19H16Cl2N2O. The summed E-state index contributed by atoms with van der Waals surface area (Å²) in [6.45, 7) is 1.94. The van der Waals surface area contributed by atoms with E-state index in [1.165, 1.54) is 0 Å². The molecule has 3 aromatic rings. The van der Waals surface area contributed by atoms with Crippen LogP contribution < -0.4 is 10.2 Å². The fraction of sp³-hybridized carbons (Fsp3) is 0.105. The van der Waals surface area contributed by atoms with Crippen LogP contribution in [0.1, 0.15) is 12.5 Å². The maximum absolute atomic E-state index is 6.15. The van der Waals surface area contributed by atoms with Crippen LogP contribution in [0.25, 0.3) is 10.8 Å². The number of ether oxygens (including phenoxy) is 1. The Bertz CT molecular complexity index is 922. The van der Waals surface area contributed by atoms with E-state index in [-0.39, 0.29) is 0 Å². The first-order valence-electron chi connectivity index (χ1n) is 7.41. The molecule has 3 nitrogen and oxygen atoms in total. The maximum atomic E-state index is 6.15. The fourth-order valence-corrected chi connectivity index (χ4v) is 2.72. The van der Waals surface area contributed by atoms with E-state index >= 15 is 0 Å². The Labute approximate surface area is 150 Å². The van der Waals surface area contributed by atoms with Gasteiger partial charge in [-0.25, -0.2) is 0 Å². The predicted molar refractivity (Wildman–Crippen MR) is 103 cm³/mol. The summed E-state index contributed by atoms with van der Waals surface area (Å²) in [5, 5.41) is 7.61. The Morgan fingerprint density at radius 2 is 1.75 bits per heavy atom. The second-order valence-electron chi connectivity index (χ2n) is 5.34. The molecule has 0 aliphatic rings. The predicted octanol–water partition coefficient (Wildman–Crippen LogP) is 5.99. The summed E-state index contributed by atoms with van der Waals surface area (Å²) in [6.07, 6.45) is 0. The second kappa shape index (κ2) is 7.12. The van der Waals surface area contributed by atoms with Gasteiger partial charge in [0.25, 0.3) is 0 Å². The van der Waals surface area contributed by atoms with Gasteiger partial charge in [-0.3, -0.25) is 5.43 Å². The highest BCUT2D eigenvalue weighted by molar-refractivity contribution is 6.43. The Morgan fingerprint density at radius 1 is 1.00 bits per heavy atom. The van der Waals surface area contributed by atoms with Gasteiger partial charge in [-0.05, 0) is 53.6 Å². The fourth-order valence-electron chi connectivity index (χ4n) is 2.37. The van der Waals surface area contributed by atoms with Crippen LogP contribution in [-0.2, 0) is 0 Å². The van der Waals surface area contributed by atoms with Crippen LogP contribution in [0.4, 0.5) is 5.69 Å². The van der Waals surface area contributed by atoms with Crippen molar-refractivity contribution in [1.29, 1.82) is 0 Å². The van der Waals surface area contributed by atoms with Crippen molar-refractivity contribution < 1.29 is 4.74 Å². The number of hydrazone groups is 1. The summed E-state index contributed by atoms with van der Waals surface area (Å²) >= 11 is 12.2. The van der Waals surface area contributed by atoms with Crippen LogP contribution in [0.3, 0.4) is 0 Å². The van der Waals surface area contributed by atoms with Crippen LogP contribution >= 0.6 is 23.2 Å². The molecule has 24 heavy (non-hydrogen) atoms. The number of methoxy groups -OCH3 is 1. The lowest BCUT2D eigenvalue weighted by Gasteiger charge is -2.08. The van der Waals surface area contributed by atoms with E-state index in [0.717, 1.165) is 27.8 Å². The van der Waals surface area contributed by atoms with Crippen molar-refractivity contribution in [2.45, 2.75) is 6.92 Å². The molecule has 0 unspecified atom stereocenters. The summed E-state index contributed by atoms with van der Waals surface area (Å²) in [5.74, 6) is 0.845. The summed E-state index contributed by atoms with van der Waals surface area (Å²) < 4.78 is 5.25. The molecule has 0 amide bonds. The molecule has 0 saturated carbocycles. The van der Waals surface area contributed by atoms with E-state index in [9.17, 15) is 0 Å². The Hall–Kier alpha value is -2.23. The number of hydrogen-bond donors (Lipinski definition) is 1. The van der Waals surface area contributed by atoms with Crippen molar-refractivity contribution in [3.63, 3.8) is 0 Å². The molecule has 3 aromatic carbocycles. The molecule has 0 fully saturated rings. The van der Waals surface area contributed by atoms with E-state index in [1.807, 2.05) is 43.3 Å². The number of rotatable bonds is 4. The summed E-state index contributed by atoms with van der Waals surface area (Å²) in [4.78, 5) is 0. The molecule has 0 spiro atoms. The third-order valence-corrected chi connectivity index (χ3v) is 4.58. The number of benzene rings is 3. The molecule has 0 radical (unpaired) electrons. The van der Waals surface area contributed by atoms with Gasteiger partial charge in [0.1, 0.15) is 5.75 Å². The standard InChI is InChI=1S/C19H16Cl2N2O/c1-12(22-23-18-5-3-4-17(20)19(18)21)13-6-7-15-11-16(24-2)9-8-14(15)10-13/h3-11,23H,1-2H3. The minimum Gasteiger partial charge on any atom is -0.497 e. The van der Waals surface area contributed by atoms with E-state index in [4.69, 9.17) is 27.9 Å². The molecule has 3 rings (SSSR count). The van der Waals surface area contributed by atoms with E-state index in [2.05, 4.69) is 22.7 Å². The smallest absolute Gasteiger partial charge is 0.119 e. The molecule has 5 heteroatoms. The highest BCUT2D eigenvalue weighted by Gasteiger charge is 2.05. The lowest BCUT2D eigenvalue weighted by molar-refractivity contribution is 0.415. The van der Waals surface area contributed by atoms with Gasteiger partial charge in [-0.1, -0.05) is 47.5 Å². The number of nitrogens with zero attached hydrogens (tertiary/aromatic N) is 1. The van der Waals surface area contributed by atoms with Crippen LogP contribution in [0.15, 0.2) is 59.7 Å². The average molecular weight is 359 g/mol. The zero-order chi connectivity index (χ0) is 17.1. The number of halogens is 2. The summed E-state index contributed by atoms with van der Waals surface area (Å²) in [7, 11) is 1.67. The van der Waals surface area contributed by atoms with Crippen LogP contribution in [0, 0.1) is 0 Å². The molecule has 0 bridgehead atoms. The van der Waals surface area contributed by atoms with E-state index in [1.54, 1.807) is 13.2 Å². The topological polar surface area (TPSA) is 33.6 Å². The molecule has 0 saturated heterocycles. The first kappa shape index (κ1) is 16.6. The van der Waals surface area contributed by atoms with Crippen molar-refractivity contribution in [2.75, 3.05) is 12.5 Å². The highest BCUT2D eigenvalue weighted by atomic mass is 35.5. The number of anilines is 1. The van der Waals surface area contributed by atoms with E-state index in [0.29, 0.717) is 15.7 Å². The second-order valence-corrected chi connectivity index (χ2v) is 6.12. The minimum atomic E-state index is 0.460. The first-order chi connectivity index (χ1) is 11.6. The van der Waals surface area contributed by atoms with Crippen LogP contribution in [-0.4, -0.2) is 12.8 Å². The third kappa shape index (κ3) is 3.48. The molecule has 1 N–H and O–H groups in total. The number of hydrogen-bond acceptors (Lipinski definition) is 3. The zero-order valence-corrected chi connectivity index (χ0v) is 14.8. The molecule has 0 heterocycles. The normalized spacial score (nSPS) is 11.6. The van der Waals surface area contributed by atoms with Gasteiger partial charge in [0.15, 0.2) is 0 Å². The van der Waals surface area contributed by atoms with Gasteiger partial charge >= 0.3 is 0 Å². The summed E-state index contributed by atoms with van der Waals surface area (Å²) in [5.41, 5.74) is 5.52. The Kier molecular flexibility index (Phi) is 4.93. The molecule has 122 valence electrons. The molecule has 0 aliphatic carbocycles. The van der Waals surface area contributed by atoms with Gasteiger partial charge in [-0.2, -0.15) is 5.10 Å². The van der Waals surface area contributed by atoms with Crippen LogP contribution in [0.2, 0.25) is 10.0 Å². The van der Waals surface area contributed by atoms with Gasteiger partial charge in [-0.15, -0.1) is 0 Å². The zero-order valence-electron chi connectivity index (χ0n) is 13.3. The van der Waals surface area contributed by atoms with Gasteiger partial charge in [0.2, 0.25) is 0 Å². The summed E-state index contributed by atoms with van der Waals surface area (Å²) in [6, 6.07) is 17.6. The van der Waals surface area contributed by atoms with Crippen molar-refractivity contribution in [2.24, 2.45) is 5.10 Å². The minimum absolute atomic E-state index is 0.460. The Morgan fingerprint density at radius 3 is 2.54 bits per heavy atom. The van der Waals surface area contributed by atoms with Crippen LogP contribution in [0.5, 0.6) is 5.75 Å². The van der Waals surface area contributed by atoms with Crippen molar-refractivity contribution >= 4 is 45.4 Å². The van der Waals surface area contributed by atoms with Crippen molar-refractivity contribution in [3.05, 3.63) is 70.2 Å². The highest BCUT2D eigenvalue weighted by Crippen LogP contribution is 2.29. The quantitative estimate of drug-likeness (QED) is 0.458. The number of nitrogens with one attached hydrogen (secondary N) is 1. The monoisotopic (exact) mass is 358 g/mol. The average Bonchev–Trinajstić information content (AvgIpc) is 2.61. The van der Waals surface area contributed by atoms with Gasteiger partial charge < -0.3 is 4.74 Å². The Balaban J connectivity index is 1.87. The van der Waals surface area contributed by atoms with E-state index < -0.39 is 0 Å². The van der Waals surface area contributed by atoms with Gasteiger partial charge in [0, 0.05) is 0 Å². The molecular weight excluding hydrogens is 343 g/mol. The van der Waals surface area contributed by atoms with Gasteiger partial charge in [0.05, 0.1) is 28.6 Å². The lowest BCUT2D eigenvalue weighted by Crippen LogP contribution is -2.00. The molecule has 0 aliphatic heterocycles. The first-order valence-corrected chi connectivity index (χ1v) is 8.16. The number of fused-ring (bicyclic) bond motifs is 1. The largest absolute Gasteiger partial charge is 0.497 e. The van der Waals surface area contributed by atoms with Crippen molar-refractivity contribution in [1.82, 2.24) is 0 Å². The molecule has 0 atom stereocenters. The lowest BCUT2D eigenvalue weighted by atomic mass is 10.0. The molecule has 0 aromatic heterocycles. The van der Waals surface area contributed by atoms with Crippen molar-refractivity contribution in [3.8, 4) is 5.75 Å². The third-order valence-electron chi connectivity index (χ3n) is 3.76.